The fourth-order valence-electron chi connectivity index (χ4n) is 3.27. The molecule has 0 saturated heterocycles. The molecule has 0 radical (unpaired) electrons. The number of hydrogen-bond donors (Lipinski definition) is 0. The zero-order valence-corrected chi connectivity index (χ0v) is 14.9. The van der Waals surface area contributed by atoms with E-state index in [1.807, 2.05) is 0 Å². The Kier molecular flexibility index (Phi) is 4.26. The minimum Gasteiger partial charge on any atom is -0.492 e. The summed E-state index contributed by atoms with van der Waals surface area (Å²) in [7, 11) is 0. The molecule has 0 aliphatic heterocycles. The highest BCUT2D eigenvalue weighted by atomic mass is 79.9. The number of rotatable bonds is 5. The van der Waals surface area contributed by atoms with Crippen LogP contribution in [0.2, 0.25) is 0 Å². The van der Waals surface area contributed by atoms with Gasteiger partial charge in [0.1, 0.15) is 5.75 Å². The van der Waals surface area contributed by atoms with Crippen LogP contribution in [0.1, 0.15) is 5.56 Å². The van der Waals surface area contributed by atoms with Gasteiger partial charge in [0.15, 0.2) is 0 Å². The summed E-state index contributed by atoms with van der Waals surface area (Å²) in [6.07, 6.45) is 0. The Balaban J connectivity index is 1.94. The van der Waals surface area contributed by atoms with Crippen molar-refractivity contribution in [3.8, 4) is 5.75 Å². The van der Waals surface area contributed by atoms with Gasteiger partial charge in [0.25, 0.3) is 0 Å². The summed E-state index contributed by atoms with van der Waals surface area (Å²) in [6, 6.07) is 25.5. The largest absolute Gasteiger partial charge is 0.492 e. The summed E-state index contributed by atoms with van der Waals surface area (Å²) >= 11 is 3.44. The van der Waals surface area contributed by atoms with E-state index in [0.29, 0.717) is 6.61 Å². The third-order valence-corrected chi connectivity index (χ3v) is 4.60. The highest BCUT2D eigenvalue weighted by Gasteiger charge is 2.14. The molecular formula is C21H18BrNO. The lowest BCUT2D eigenvalue weighted by molar-refractivity contribution is 0.349. The van der Waals surface area contributed by atoms with Gasteiger partial charge in [-0.25, -0.2) is 0 Å². The summed E-state index contributed by atoms with van der Waals surface area (Å²) in [4.78, 5) is 0. The van der Waals surface area contributed by atoms with Crippen LogP contribution in [0.15, 0.2) is 72.8 Å². The van der Waals surface area contributed by atoms with Crippen LogP contribution in [0.25, 0.3) is 21.8 Å². The Hall–Kier alpha value is -2.26. The average molecular weight is 380 g/mol. The van der Waals surface area contributed by atoms with Gasteiger partial charge in [-0.3, -0.25) is 0 Å². The smallest absolute Gasteiger partial charge is 0.129 e. The van der Waals surface area contributed by atoms with Crippen molar-refractivity contribution in [2.24, 2.45) is 0 Å². The molecule has 0 aliphatic carbocycles. The van der Waals surface area contributed by atoms with E-state index < -0.39 is 0 Å². The van der Waals surface area contributed by atoms with Gasteiger partial charge in [-0.2, -0.15) is 0 Å². The van der Waals surface area contributed by atoms with E-state index in [1.54, 1.807) is 0 Å². The van der Waals surface area contributed by atoms with Gasteiger partial charge in [0, 0.05) is 28.2 Å². The topological polar surface area (TPSA) is 14.2 Å². The fourth-order valence-corrected chi connectivity index (χ4v) is 3.43. The molecule has 3 aromatic carbocycles. The molecule has 1 heterocycles. The molecule has 1 aromatic heterocycles. The van der Waals surface area contributed by atoms with Crippen LogP contribution < -0.4 is 4.74 Å². The molecule has 0 fully saturated rings. The molecular weight excluding hydrogens is 362 g/mol. The van der Waals surface area contributed by atoms with E-state index in [9.17, 15) is 0 Å². The highest BCUT2D eigenvalue weighted by Crippen LogP contribution is 2.36. The van der Waals surface area contributed by atoms with Crippen molar-refractivity contribution in [2.75, 3.05) is 11.9 Å². The average Bonchev–Trinajstić information content (AvgIpc) is 2.96. The molecule has 3 heteroatoms. The van der Waals surface area contributed by atoms with E-state index in [4.69, 9.17) is 4.74 Å². The van der Waals surface area contributed by atoms with Crippen molar-refractivity contribution in [1.29, 1.82) is 0 Å². The maximum Gasteiger partial charge on any atom is 0.129 e. The third-order valence-electron chi connectivity index (χ3n) is 4.28. The predicted octanol–water partition coefficient (Wildman–Crippen LogP) is 5.62. The molecule has 0 spiro atoms. The van der Waals surface area contributed by atoms with Gasteiger partial charge in [0.05, 0.1) is 12.1 Å². The number of halogens is 1. The quantitative estimate of drug-likeness (QED) is 0.410. The predicted molar refractivity (Wildman–Crippen MR) is 104 cm³/mol. The standard InChI is InChI=1S/C21H18BrNO/c22-13-14-24-20-12-6-11-19-21(20)17-9-4-5-10-18(17)23(19)15-16-7-2-1-3-8-16/h1-12H,13-15H2. The molecule has 120 valence electrons. The SMILES string of the molecule is BrCCOc1cccc2c1c1ccccc1n2Cc1ccccc1. The summed E-state index contributed by atoms with van der Waals surface area (Å²) in [5, 5.41) is 3.27. The van der Waals surface area contributed by atoms with Gasteiger partial charge in [-0.15, -0.1) is 0 Å². The van der Waals surface area contributed by atoms with Gasteiger partial charge in [-0.1, -0.05) is 70.5 Å². The highest BCUT2D eigenvalue weighted by molar-refractivity contribution is 9.09. The van der Waals surface area contributed by atoms with Crippen LogP contribution in [0.4, 0.5) is 0 Å². The summed E-state index contributed by atoms with van der Waals surface area (Å²) in [5.74, 6) is 0.954. The molecule has 4 rings (SSSR count). The number of aromatic nitrogens is 1. The Morgan fingerprint density at radius 2 is 1.54 bits per heavy atom. The first-order valence-corrected chi connectivity index (χ1v) is 9.23. The number of fused-ring (bicyclic) bond motifs is 3. The third kappa shape index (κ3) is 2.69. The second kappa shape index (κ2) is 6.70. The number of hydrogen-bond acceptors (Lipinski definition) is 1. The molecule has 0 unspecified atom stereocenters. The Morgan fingerprint density at radius 3 is 2.38 bits per heavy atom. The minimum absolute atomic E-state index is 0.664. The van der Waals surface area contributed by atoms with E-state index in [-0.39, 0.29) is 0 Å². The first-order valence-electron chi connectivity index (χ1n) is 8.11. The van der Waals surface area contributed by atoms with E-state index in [0.717, 1.165) is 17.6 Å². The number of benzene rings is 3. The van der Waals surface area contributed by atoms with Crippen LogP contribution >= 0.6 is 15.9 Å². The van der Waals surface area contributed by atoms with Crippen LogP contribution in [-0.2, 0) is 6.54 Å². The molecule has 4 aromatic rings. The van der Waals surface area contributed by atoms with Crippen molar-refractivity contribution in [3.63, 3.8) is 0 Å². The van der Waals surface area contributed by atoms with Gasteiger partial charge in [-0.05, 0) is 23.8 Å². The van der Waals surface area contributed by atoms with Crippen molar-refractivity contribution in [1.82, 2.24) is 4.57 Å². The molecule has 0 amide bonds. The second-order valence-corrected chi connectivity index (χ2v) is 6.57. The zero-order valence-electron chi connectivity index (χ0n) is 13.3. The molecule has 0 saturated carbocycles. The lowest BCUT2D eigenvalue weighted by atomic mass is 10.1. The number of para-hydroxylation sites is 1. The van der Waals surface area contributed by atoms with Gasteiger partial charge >= 0.3 is 0 Å². The monoisotopic (exact) mass is 379 g/mol. The molecule has 0 aliphatic rings. The van der Waals surface area contributed by atoms with Gasteiger partial charge in [0.2, 0.25) is 0 Å². The van der Waals surface area contributed by atoms with Crippen molar-refractivity contribution < 1.29 is 4.74 Å². The lowest BCUT2D eigenvalue weighted by Gasteiger charge is -2.09. The lowest BCUT2D eigenvalue weighted by Crippen LogP contribution is -2.00. The molecule has 24 heavy (non-hydrogen) atoms. The number of alkyl halides is 1. The molecule has 0 N–H and O–H groups in total. The van der Waals surface area contributed by atoms with Gasteiger partial charge < -0.3 is 9.30 Å². The normalized spacial score (nSPS) is 11.2. The van der Waals surface area contributed by atoms with Crippen LogP contribution in [0.3, 0.4) is 0 Å². The van der Waals surface area contributed by atoms with Crippen molar-refractivity contribution in [3.05, 3.63) is 78.4 Å². The maximum absolute atomic E-state index is 5.98. The fraction of sp³-hybridized carbons (Fsp3) is 0.143. The summed E-state index contributed by atoms with van der Waals surface area (Å²) in [5.41, 5.74) is 3.75. The van der Waals surface area contributed by atoms with Crippen LogP contribution in [-0.4, -0.2) is 16.5 Å². The minimum atomic E-state index is 0.664. The number of nitrogens with zero attached hydrogens (tertiary/aromatic N) is 1. The van der Waals surface area contributed by atoms with Crippen LogP contribution in [0.5, 0.6) is 5.75 Å². The van der Waals surface area contributed by atoms with E-state index in [1.165, 1.54) is 27.4 Å². The Labute approximate surface area is 149 Å². The van der Waals surface area contributed by atoms with Crippen molar-refractivity contribution >= 4 is 37.7 Å². The Bertz CT molecular complexity index is 975. The molecule has 2 nitrogen and oxygen atoms in total. The zero-order chi connectivity index (χ0) is 16.4. The number of ether oxygens (including phenoxy) is 1. The molecule has 0 bridgehead atoms. The first-order chi connectivity index (χ1) is 11.9. The van der Waals surface area contributed by atoms with Crippen molar-refractivity contribution in [2.45, 2.75) is 6.54 Å². The van der Waals surface area contributed by atoms with Crippen LogP contribution in [0, 0.1) is 0 Å². The summed E-state index contributed by atoms with van der Waals surface area (Å²) < 4.78 is 8.36. The summed E-state index contributed by atoms with van der Waals surface area (Å²) in [6.45, 7) is 1.52. The Morgan fingerprint density at radius 1 is 0.792 bits per heavy atom. The van der Waals surface area contributed by atoms with E-state index in [2.05, 4.69) is 93.3 Å². The first kappa shape index (κ1) is 15.3. The molecule has 0 atom stereocenters. The maximum atomic E-state index is 5.98. The second-order valence-electron chi connectivity index (χ2n) is 5.78. The van der Waals surface area contributed by atoms with E-state index >= 15 is 0 Å².